The SMILES string of the molecule is CCCCCC1COC(c2ccc(C(F)(F)Oc3ccc(-c4ccc(-c5ccc(C#N)c(F)c5)c(F)c4)cc3)c(F)c2)OC1. The van der Waals surface area contributed by atoms with E-state index in [1.165, 1.54) is 54.6 Å². The maximum Gasteiger partial charge on any atom is 0.429 e. The Balaban J connectivity index is 1.23. The summed E-state index contributed by atoms with van der Waals surface area (Å²) in [7, 11) is 0. The average Bonchev–Trinajstić information content (AvgIpc) is 3.01. The maximum atomic E-state index is 15.0. The zero-order chi connectivity index (χ0) is 31.3. The van der Waals surface area contributed by atoms with Crippen LogP contribution in [0.4, 0.5) is 22.0 Å². The summed E-state index contributed by atoms with van der Waals surface area (Å²) in [6, 6.07) is 18.6. The van der Waals surface area contributed by atoms with Gasteiger partial charge in [0.05, 0.1) is 24.3 Å². The lowest BCUT2D eigenvalue weighted by atomic mass is 9.99. The Morgan fingerprint density at radius 2 is 1.48 bits per heavy atom. The number of rotatable bonds is 10. The first kappa shape index (κ1) is 31.2. The van der Waals surface area contributed by atoms with Gasteiger partial charge in [-0.3, -0.25) is 0 Å². The predicted octanol–water partition coefficient (Wildman–Crippen LogP) is 9.68. The molecule has 1 fully saturated rings. The monoisotopic (exact) mass is 607 g/mol. The molecule has 0 spiro atoms. The molecule has 0 N–H and O–H groups in total. The first-order valence-corrected chi connectivity index (χ1v) is 14.4. The van der Waals surface area contributed by atoms with Crippen LogP contribution in [0.25, 0.3) is 22.3 Å². The van der Waals surface area contributed by atoms with Gasteiger partial charge in [-0.15, -0.1) is 0 Å². The molecule has 44 heavy (non-hydrogen) atoms. The predicted molar refractivity (Wildman–Crippen MR) is 155 cm³/mol. The molecule has 1 heterocycles. The van der Waals surface area contributed by atoms with Gasteiger partial charge in [-0.2, -0.15) is 14.0 Å². The van der Waals surface area contributed by atoms with Gasteiger partial charge in [-0.1, -0.05) is 62.6 Å². The fraction of sp³-hybridized carbons (Fsp3) is 0.286. The third kappa shape index (κ3) is 7.09. The van der Waals surface area contributed by atoms with E-state index >= 15 is 8.78 Å². The fourth-order valence-corrected chi connectivity index (χ4v) is 5.12. The molecule has 0 unspecified atom stereocenters. The Bertz CT molecular complexity index is 1640. The van der Waals surface area contributed by atoms with Crippen molar-refractivity contribution in [3.05, 3.63) is 113 Å². The number of hydrogen-bond acceptors (Lipinski definition) is 4. The van der Waals surface area contributed by atoms with Crippen molar-refractivity contribution in [2.75, 3.05) is 13.2 Å². The van der Waals surface area contributed by atoms with Gasteiger partial charge < -0.3 is 14.2 Å². The van der Waals surface area contributed by atoms with E-state index in [2.05, 4.69) is 6.92 Å². The fourth-order valence-electron chi connectivity index (χ4n) is 5.12. The molecule has 0 aromatic heterocycles. The highest BCUT2D eigenvalue weighted by Gasteiger charge is 2.38. The summed E-state index contributed by atoms with van der Waals surface area (Å²) in [4.78, 5) is 0. The van der Waals surface area contributed by atoms with E-state index in [9.17, 15) is 13.2 Å². The minimum atomic E-state index is -3.98. The van der Waals surface area contributed by atoms with Crippen LogP contribution >= 0.6 is 0 Å². The quantitative estimate of drug-likeness (QED) is 0.133. The zero-order valence-electron chi connectivity index (χ0n) is 24.0. The summed E-state index contributed by atoms with van der Waals surface area (Å²) in [6.45, 7) is 3.05. The van der Waals surface area contributed by atoms with Gasteiger partial charge in [-0.05, 0) is 65.6 Å². The molecule has 1 aliphatic heterocycles. The zero-order valence-corrected chi connectivity index (χ0v) is 24.0. The third-order valence-corrected chi connectivity index (χ3v) is 7.56. The number of hydrogen-bond donors (Lipinski definition) is 0. The molecule has 4 nitrogen and oxygen atoms in total. The lowest BCUT2D eigenvalue weighted by molar-refractivity contribution is -0.206. The van der Waals surface area contributed by atoms with E-state index in [1.807, 2.05) is 0 Å². The molecule has 0 amide bonds. The van der Waals surface area contributed by atoms with Gasteiger partial charge in [0.15, 0.2) is 6.29 Å². The van der Waals surface area contributed by atoms with E-state index in [0.717, 1.165) is 43.9 Å². The standard InChI is InChI=1S/C35H30F5NO3/c1-2-3-4-5-22-20-42-34(43-21-22)26-11-15-30(33(38)18-26)35(39,40)44-28-12-8-23(9-13-28)24-10-14-29(32(37)16-24)25-6-7-27(19-41)31(36)17-25/h6-18,22,34H,2-5,20-21H2,1H3. The van der Waals surface area contributed by atoms with Crippen LogP contribution < -0.4 is 4.74 Å². The van der Waals surface area contributed by atoms with E-state index in [-0.39, 0.29) is 28.4 Å². The van der Waals surface area contributed by atoms with Crippen LogP contribution in [0.15, 0.2) is 78.9 Å². The molecule has 9 heteroatoms. The van der Waals surface area contributed by atoms with Gasteiger partial charge in [-0.25, -0.2) is 13.2 Å². The molecular weight excluding hydrogens is 577 g/mol. The summed E-state index contributed by atoms with van der Waals surface area (Å²) >= 11 is 0. The minimum absolute atomic E-state index is 0.137. The maximum absolute atomic E-state index is 15.0. The molecule has 4 aromatic carbocycles. The number of nitriles is 1. The van der Waals surface area contributed by atoms with Crippen molar-refractivity contribution in [2.24, 2.45) is 5.92 Å². The van der Waals surface area contributed by atoms with Crippen LogP contribution in [0.2, 0.25) is 0 Å². The Hall–Kier alpha value is -4.26. The number of unbranched alkanes of at least 4 members (excludes halogenated alkanes) is 2. The Labute approximate surface area is 252 Å². The van der Waals surface area contributed by atoms with Crippen LogP contribution in [0, 0.1) is 34.7 Å². The van der Waals surface area contributed by atoms with Crippen molar-refractivity contribution < 1.29 is 36.2 Å². The first-order chi connectivity index (χ1) is 21.2. The van der Waals surface area contributed by atoms with E-state index in [4.69, 9.17) is 19.5 Å². The third-order valence-electron chi connectivity index (χ3n) is 7.56. The second kappa shape index (κ2) is 13.6. The topological polar surface area (TPSA) is 51.5 Å². The van der Waals surface area contributed by atoms with Crippen LogP contribution in [0.1, 0.15) is 55.6 Å². The van der Waals surface area contributed by atoms with E-state index < -0.39 is 35.4 Å². The number of benzene rings is 4. The van der Waals surface area contributed by atoms with Crippen molar-refractivity contribution >= 4 is 0 Å². The van der Waals surface area contributed by atoms with Crippen molar-refractivity contribution in [1.29, 1.82) is 5.26 Å². The lowest BCUT2D eigenvalue weighted by Gasteiger charge is -2.30. The molecule has 0 saturated carbocycles. The molecule has 1 saturated heterocycles. The highest BCUT2D eigenvalue weighted by atomic mass is 19.3. The molecule has 228 valence electrons. The van der Waals surface area contributed by atoms with Crippen LogP contribution in [0.3, 0.4) is 0 Å². The number of halogens is 5. The highest BCUT2D eigenvalue weighted by Crippen LogP contribution is 2.37. The van der Waals surface area contributed by atoms with Crippen molar-refractivity contribution in [2.45, 2.75) is 45.0 Å². The largest absolute Gasteiger partial charge is 0.429 e. The summed E-state index contributed by atoms with van der Waals surface area (Å²) in [6.07, 6.45) is -0.502. The first-order valence-electron chi connectivity index (χ1n) is 14.4. The van der Waals surface area contributed by atoms with Crippen LogP contribution in [0.5, 0.6) is 5.75 Å². The molecular formula is C35H30F5NO3. The van der Waals surface area contributed by atoms with E-state index in [1.54, 1.807) is 12.1 Å². The Morgan fingerprint density at radius 3 is 2.11 bits per heavy atom. The smallest absolute Gasteiger partial charge is 0.429 e. The van der Waals surface area contributed by atoms with E-state index in [0.29, 0.717) is 29.9 Å². The second-order valence-corrected chi connectivity index (χ2v) is 10.7. The normalized spacial score (nSPS) is 16.8. The number of nitrogens with zero attached hydrogens (tertiary/aromatic N) is 1. The molecule has 0 atom stereocenters. The van der Waals surface area contributed by atoms with Gasteiger partial charge in [0.25, 0.3) is 0 Å². The van der Waals surface area contributed by atoms with Gasteiger partial charge in [0, 0.05) is 17.0 Å². The Kier molecular flexibility index (Phi) is 9.62. The number of ether oxygens (including phenoxy) is 3. The average molecular weight is 608 g/mol. The van der Waals surface area contributed by atoms with Crippen molar-refractivity contribution in [3.8, 4) is 34.1 Å². The molecule has 1 aliphatic rings. The van der Waals surface area contributed by atoms with Gasteiger partial charge in [0.2, 0.25) is 0 Å². The van der Waals surface area contributed by atoms with Gasteiger partial charge in [0.1, 0.15) is 29.3 Å². The lowest BCUT2D eigenvalue weighted by Crippen LogP contribution is -2.27. The molecule has 0 aliphatic carbocycles. The summed E-state index contributed by atoms with van der Waals surface area (Å²) in [5.41, 5.74) is 0.581. The summed E-state index contributed by atoms with van der Waals surface area (Å²) in [5.74, 6) is -2.51. The van der Waals surface area contributed by atoms with Crippen LogP contribution in [-0.2, 0) is 15.6 Å². The molecule has 4 aromatic rings. The van der Waals surface area contributed by atoms with Crippen molar-refractivity contribution in [3.63, 3.8) is 0 Å². The summed E-state index contributed by atoms with van der Waals surface area (Å²) < 4.78 is 90.2. The highest BCUT2D eigenvalue weighted by molar-refractivity contribution is 5.71. The van der Waals surface area contributed by atoms with Crippen LogP contribution in [-0.4, -0.2) is 13.2 Å². The second-order valence-electron chi connectivity index (χ2n) is 10.7. The minimum Gasteiger partial charge on any atom is -0.429 e. The summed E-state index contributed by atoms with van der Waals surface area (Å²) in [5, 5.41) is 8.90. The molecule has 0 radical (unpaired) electrons. The molecule has 0 bridgehead atoms. The van der Waals surface area contributed by atoms with Crippen molar-refractivity contribution in [1.82, 2.24) is 0 Å². The Morgan fingerprint density at radius 1 is 0.795 bits per heavy atom. The van der Waals surface area contributed by atoms with Gasteiger partial charge >= 0.3 is 6.11 Å². The molecule has 5 rings (SSSR count). The number of alkyl halides is 2.